The number of benzene rings is 2. The minimum Gasteiger partial charge on any atom is -0.216 e. The minimum atomic E-state index is -3.69. The van der Waals surface area contributed by atoms with Gasteiger partial charge in [-0.25, -0.2) is 9.86 Å². The molecular formula is C14H16N2O2S. The van der Waals surface area contributed by atoms with E-state index in [1.165, 1.54) is 0 Å². The van der Waals surface area contributed by atoms with E-state index >= 15 is 0 Å². The van der Waals surface area contributed by atoms with Gasteiger partial charge in [0.2, 0.25) is 0 Å². The lowest BCUT2D eigenvalue weighted by Gasteiger charge is -2.18. The Bertz CT molecular complexity index is 573. The van der Waals surface area contributed by atoms with E-state index in [2.05, 4.69) is 4.72 Å². The molecule has 3 N–H and O–H groups in total. The molecule has 2 aromatic carbocycles. The number of nitrogens with two attached hydrogens (primary N) is 1. The van der Waals surface area contributed by atoms with Crippen LogP contribution in [0.5, 0.6) is 0 Å². The van der Waals surface area contributed by atoms with Crippen LogP contribution in [-0.4, -0.2) is 15.0 Å². The summed E-state index contributed by atoms with van der Waals surface area (Å²) in [5, 5.41) is 5.00. The first-order valence-electron chi connectivity index (χ1n) is 5.93. The molecular weight excluding hydrogens is 260 g/mol. The molecule has 100 valence electrons. The van der Waals surface area contributed by atoms with E-state index in [0.29, 0.717) is 0 Å². The second-order valence-electron chi connectivity index (χ2n) is 4.27. The lowest BCUT2D eigenvalue weighted by molar-refractivity contribution is 0.579. The lowest BCUT2D eigenvalue weighted by Crippen LogP contribution is -2.34. The predicted molar refractivity (Wildman–Crippen MR) is 75.8 cm³/mol. The van der Waals surface area contributed by atoms with Crippen LogP contribution >= 0.6 is 0 Å². The van der Waals surface area contributed by atoms with E-state index in [9.17, 15) is 8.42 Å². The van der Waals surface area contributed by atoms with Crippen molar-refractivity contribution in [1.82, 2.24) is 4.72 Å². The van der Waals surface area contributed by atoms with Gasteiger partial charge >= 0.3 is 0 Å². The second kappa shape index (κ2) is 5.97. The summed E-state index contributed by atoms with van der Waals surface area (Å²) in [5.74, 6) is -0.0549. The third-order valence-electron chi connectivity index (χ3n) is 2.89. The standard InChI is InChI=1S/C14H16N2O2S/c15-19(17,18)16-11-14(12-7-3-1-4-8-12)13-9-5-2-6-10-13/h1-10,14,16H,11H2,(H2,15,17,18). The SMILES string of the molecule is NS(=O)(=O)NCC(c1ccccc1)c1ccccc1. The van der Waals surface area contributed by atoms with Crippen LogP contribution in [0.3, 0.4) is 0 Å². The highest BCUT2D eigenvalue weighted by Crippen LogP contribution is 2.23. The summed E-state index contributed by atoms with van der Waals surface area (Å²) in [4.78, 5) is 0. The molecule has 19 heavy (non-hydrogen) atoms. The molecule has 0 aromatic heterocycles. The fourth-order valence-electron chi connectivity index (χ4n) is 2.00. The van der Waals surface area contributed by atoms with Crippen molar-refractivity contribution in [2.24, 2.45) is 5.14 Å². The lowest BCUT2D eigenvalue weighted by atomic mass is 9.92. The molecule has 5 heteroatoms. The Balaban J connectivity index is 2.29. The van der Waals surface area contributed by atoms with Crippen molar-refractivity contribution in [2.75, 3.05) is 6.54 Å². The van der Waals surface area contributed by atoms with Crippen LogP contribution in [0, 0.1) is 0 Å². The summed E-state index contributed by atoms with van der Waals surface area (Å²) in [6, 6.07) is 19.5. The van der Waals surface area contributed by atoms with Crippen LogP contribution in [0.2, 0.25) is 0 Å². The highest BCUT2D eigenvalue weighted by Gasteiger charge is 2.15. The summed E-state index contributed by atoms with van der Waals surface area (Å²) in [5.41, 5.74) is 2.09. The number of hydrogen-bond donors (Lipinski definition) is 2. The summed E-state index contributed by atoms with van der Waals surface area (Å²) < 4.78 is 24.5. The molecule has 0 aliphatic heterocycles. The summed E-state index contributed by atoms with van der Waals surface area (Å²) in [7, 11) is -3.69. The maximum absolute atomic E-state index is 11.1. The quantitative estimate of drug-likeness (QED) is 0.871. The van der Waals surface area contributed by atoms with Crippen molar-refractivity contribution < 1.29 is 8.42 Å². The Hall–Kier alpha value is -1.69. The van der Waals surface area contributed by atoms with E-state index in [-0.39, 0.29) is 12.5 Å². The van der Waals surface area contributed by atoms with Crippen molar-refractivity contribution >= 4 is 10.2 Å². The predicted octanol–water partition coefficient (Wildman–Crippen LogP) is 1.61. The van der Waals surface area contributed by atoms with Crippen molar-refractivity contribution in [3.63, 3.8) is 0 Å². The average molecular weight is 276 g/mol. The Labute approximate surface area is 113 Å². The zero-order chi connectivity index (χ0) is 13.7. The molecule has 0 fully saturated rings. The first kappa shape index (κ1) is 13.7. The van der Waals surface area contributed by atoms with Crippen LogP contribution in [0.4, 0.5) is 0 Å². The molecule has 0 spiro atoms. The van der Waals surface area contributed by atoms with Gasteiger partial charge in [0.1, 0.15) is 0 Å². The molecule has 0 aliphatic carbocycles. The van der Waals surface area contributed by atoms with Crippen LogP contribution in [0.25, 0.3) is 0 Å². The largest absolute Gasteiger partial charge is 0.274 e. The second-order valence-corrected chi connectivity index (χ2v) is 5.65. The first-order chi connectivity index (χ1) is 9.06. The van der Waals surface area contributed by atoms with Gasteiger partial charge in [-0.15, -0.1) is 0 Å². The topological polar surface area (TPSA) is 72.2 Å². The first-order valence-corrected chi connectivity index (χ1v) is 7.48. The van der Waals surface area contributed by atoms with Gasteiger partial charge in [0.15, 0.2) is 0 Å². The van der Waals surface area contributed by atoms with E-state index in [4.69, 9.17) is 5.14 Å². The number of rotatable bonds is 5. The Morgan fingerprint density at radius 1 is 0.895 bits per heavy atom. The molecule has 0 radical (unpaired) electrons. The van der Waals surface area contributed by atoms with Crippen LogP contribution in [0.15, 0.2) is 60.7 Å². The molecule has 4 nitrogen and oxygen atoms in total. The van der Waals surface area contributed by atoms with Gasteiger partial charge in [0.25, 0.3) is 10.2 Å². The minimum absolute atomic E-state index is 0.0549. The third-order valence-corrected chi connectivity index (χ3v) is 3.46. The maximum Gasteiger partial charge on any atom is 0.274 e. The van der Waals surface area contributed by atoms with Crippen molar-refractivity contribution in [1.29, 1.82) is 0 Å². The monoisotopic (exact) mass is 276 g/mol. The molecule has 0 saturated carbocycles. The molecule has 2 rings (SSSR count). The Kier molecular flexibility index (Phi) is 4.31. The van der Waals surface area contributed by atoms with E-state index in [0.717, 1.165) is 11.1 Å². The van der Waals surface area contributed by atoms with Gasteiger partial charge < -0.3 is 0 Å². The number of hydrogen-bond acceptors (Lipinski definition) is 2. The maximum atomic E-state index is 11.1. The fraction of sp³-hybridized carbons (Fsp3) is 0.143. The molecule has 0 saturated heterocycles. The molecule has 2 aromatic rings. The van der Waals surface area contributed by atoms with Gasteiger partial charge in [0, 0.05) is 12.5 Å². The normalized spacial score (nSPS) is 11.7. The van der Waals surface area contributed by atoms with Crippen molar-refractivity contribution in [3.05, 3.63) is 71.8 Å². The third kappa shape index (κ3) is 4.17. The van der Waals surface area contributed by atoms with E-state index in [1.54, 1.807) is 0 Å². The van der Waals surface area contributed by atoms with E-state index < -0.39 is 10.2 Å². The molecule has 0 amide bonds. The van der Waals surface area contributed by atoms with Gasteiger partial charge in [-0.1, -0.05) is 60.7 Å². The highest BCUT2D eigenvalue weighted by molar-refractivity contribution is 7.87. The summed E-state index contributed by atoms with van der Waals surface area (Å²) >= 11 is 0. The van der Waals surface area contributed by atoms with Crippen LogP contribution < -0.4 is 9.86 Å². The smallest absolute Gasteiger partial charge is 0.216 e. The summed E-state index contributed by atoms with van der Waals surface area (Å²) in [6.45, 7) is 0.243. The highest BCUT2D eigenvalue weighted by atomic mass is 32.2. The Morgan fingerprint density at radius 3 is 1.68 bits per heavy atom. The molecule has 0 unspecified atom stereocenters. The Morgan fingerprint density at radius 2 is 1.32 bits per heavy atom. The van der Waals surface area contributed by atoms with Gasteiger partial charge in [0.05, 0.1) is 0 Å². The van der Waals surface area contributed by atoms with Crippen molar-refractivity contribution in [2.45, 2.75) is 5.92 Å². The molecule has 0 atom stereocenters. The summed E-state index contributed by atoms with van der Waals surface area (Å²) in [6.07, 6.45) is 0. The van der Waals surface area contributed by atoms with Crippen LogP contribution in [-0.2, 0) is 10.2 Å². The fourth-order valence-corrected chi connectivity index (χ4v) is 2.40. The average Bonchev–Trinajstić information content (AvgIpc) is 2.40. The zero-order valence-electron chi connectivity index (χ0n) is 10.4. The van der Waals surface area contributed by atoms with Crippen molar-refractivity contribution in [3.8, 4) is 0 Å². The zero-order valence-corrected chi connectivity index (χ0v) is 11.2. The molecule has 0 heterocycles. The molecule has 0 bridgehead atoms. The number of nitrogens with one attached hydrogen (secondary N) is 1. The van der Waals surface area contributed by atoms with Crippen LogP contribution in [0.1, 0.15) is 17.0 Å². The molecule has 0 aliphatic rings. The van der Waals surface area contributed by atoms with Gasteiger partial charge in [-0.3, -0.25) is 0 Å². The van der Waals surface area contributed by atoms with Gasteiger partial charge in [-0.05, 0) is 11.1 Å². The van der Waals surface area contributed by atoms with E-state index in [1.807, 2.05) is 60.7 Å². The van der Waals surface area contributed by atoms with Gasteiger partial charge in [-0.2, -0.15) is 8.42 Å².